The second-order valence-corrected chi connectivity index (χ2v) is 4.17. The Hall–Kier alpha value is -1.84. The number of carboxylic acid groups (broad SMARTS) is 1. The van der Waals surface area contributed by atoms with Gasteiger partial charge in [0.25, 0.3) is 0 Å². The number of carboxylic acids is 1. The third-order valence-electron chi connectivity index (χ3n) is 2.11. The fraction of sp³-hybridized carbons (Fsp3) is 0.429. The van der Waals surface area contributed by atoms with E-state index in [9.17, 15) is 9.59 Å². The molecule has 0 atom stereocenters. The van der Waals surface area contributed by atoms with Crippen molar-refractivity contribution in [2.75, 3.05) is 6.61 Å². The molecule has 0 saturated carbocycles. The first-order valence-electron chi connectivity index (χ1n) is 5.78. The van der Waals surface area contributed by atoms with Gasteiger partial charge in [-0.25, -0.2) is 9.59 Å². The first-order chi connectivity index (χ1) is 8.41. The van der Waals surface area contributed by atoms with Crippen molar-refractivity contribution in [1.82, 2.24) is 0 Å². The van der Waals surface area contributed by atoms with Crippen molar-refractivity contribution in [2.24, 2.45) is 0 Å². The Bertz CT molecular complexity index is 371. The molecule has 0 heterocycles. The van der Waals surface area contributed by atoms with Crippen LogP contribution in [0.2, 0.25) is 0 Å². The number of carbonyl (C=O) groups excluding carboxylic acids is 1. The van der Waals surface area contributed by atoms with E-state index < -0.39 is 11.9 Å². The number of carbonyl (C=O) groups is 2. The number of ether oxygens (including phenoxy) is 1. The Kier molecular flexibility index (Phi) is 8.27. The van der Waals surface area contributed by atoms with Gasteiger partial charge >= 0.3 is 11.9 Å². The van der Waals surface area contributed by atoms with Crippen molar-refractivity contribution in [3.63, 3.8) is 0 Å². The van der Waals surface area contributed by atoms with E-state index in [-0.39, 0.29) is 6.61 Å². The monoisotopic (exact) mass is 252 g/mol. The van der Waals surface area contributed by atoms with E-state index in [2.05, 4.69) is 19.9 Å². The summed E-state index contributed by atoms with van der Waals surface area (Å²) >= 11 is 0. The van der Waals surface area contributed by atoms with Crippen LogP contribution in [0.3, 0.4) is 0 Å². The SMILES string of the molecule is CC(C)=CCCC(C)=CCOC(=O)C=CC(=O)O. The maximum absolute atomic E-state index is 11.0. The van der Waals surface area contributed by atoms with Crippen molar-refractivity contribution in [2.45, 2.75) is 33.6 Å². The highest BCUT2D eigenvalue weighted by Gasteiger charge is 1.97. The Morgan fingerprint density at radius 2 is 1.78 bits per heavy atom. The van der Waals surface area contributed by atoms with E-state index in [1.165, 1.54) is 5.57 Å². The summed E-state index contributed by atoms with van der Waals surface area (Å²) in [6.07, 6.45) is 7.53. The molecule has 4 nitrogen and oxygen atoms in total. The molecule has 4 heteroatoms. The number of rotatable bonds is 7. The molecule has 0 saturated heterocycles. The molecule has 0 unspecified atom stereocenters. The molecule has 0 fully saturated rings. The van der Waals surface area contributed by atoms with Crippen LogP contribution < -0.4 is 0 Å². The molecule has 0 aromatic rings. The molecule has 0 aliphatic heterocycles. The molecule has 0 aromatic heterocycles. The minimum atomic E-state index is -1.17. The fourth-order valence-electron chi connectivity index (χ4n) is 1.14. The molecule has 100 valence electrons. The summed E-state index contributed by atoms with van der Waals surface area (Å²) in [5, 5.41) is 8.31. The van der Waals surface area contributed by atoms with Gasteiger partial charge in [-0.1, -0.05) is 17.2 Å². The van der Waals surface area contributed by atoms with E-state index >= 15 is 0 Å². The second-order valence-electron chi connectivity index (χ2n) is 4.17. The number of aliphatic carboxylic acids is 1. The van der Waals surface area contributed by atoms with Crippen LogP contribution in [-0.4, -0.2) is 23.7 Å². The van der Waals surface area contributed by atoms with Gasteiger partial charge in [0.05, 0.1) is 0 Å². The molecule has 0 radical (unpaired) electrons. The molecule has 0 amide bonds. The zero-order valence-corrected chi connectivity index (χ0v) is 11.1. The summed E-state index contributed by atoms with van der Waals surface area (Å²) in [6, 6.07) is 0. The lowest BCUT2D eigenvalue weighted by Crippen LogP contribution is -2.02. The smallest absolute Gasteiger partial charge is 0.331 e. The highest BCUT2D eigenvalue weighted by Crippen LogP contribution is 2.06. The topological polar surface area (TPSA) is 63.6 Å². The standard InChI is InChI=1S/C14H20O4/c1-11(2)5-4-6-12(3)9-10-18-14(17)8-7-13(15)16/h5,7-9H,4,6,10H2,1-3H3,(H,15,16). The predicted octanol–water partition coefficient (Wildman–Crippen LogP) is 2.86. The zero-order valence-electron chi connectivity index (χ0n) is 11.1. The van der Waals surface area contributed by atoms with Crippen LogP contribution >= 0.6 is 0 Å². The maximum atomic E-state index is 11.0. The highest BCUT2D eigenvalue weighted by atomic mass is 16.5. The average molecular weight is 252 g/mol. The maximum Gasteiger partial charge on any atom is 0.331 e. The Morgan fingerprint density at radius 3 is 2.33 bits per heavy atom. The minimum absolute atomic E-state index is 0.170. The van der Waals surface area contributed by atoms with Crippen molar-refractivity contribution < 1.29 is 19.4 Å². The van der Waals surface area contributed by atoms with Gasteiger partial charge in [0.15, 0.2) is 0 Å². The van der Waals surface area contributed by atoms with E-state index in [4.69, 9.17) is 9.84 Å². The number of esters is 1. The molecule has 0 spiro atoms. The normalized spacial score (nSPS) is 11.4. The lowest BCUT2D eigenvalue weighted by molar-refractivity contribution is -0.137. The Morgan fingerprint density at radius 1 is 1.11 bits per heavy atom. The van der Waals surface area contributed by atoms with Crippen molar-refractivity contribution in [3.8, 4) is 0 Å². The largest absolute Gasteiger partial charge is 0.478 e. The Balaban J connectivity index is 3.90. The lowest BCUT2D eigenvalue weighted by Gasteiger charge is -2.00. The number of hydrogen-bond donors (Lipinski definition) is 1. The molecular weight excluding hydrogens is 232 g/mol. The van der Waals surface area contributed by atoms with Crippen LogP contribution in [0, 0.1) is 0 Å². The quantitative estimate of drug-likeness (QED) is 0.430. The van der Waals surface area contributed by atoms with Gasteiger partial charge in [-0.05, 0) is 39.7 Å². The molecule has 0 aromatic carbocycles. The molecule has 1 N–H and O–H groups in total. The van der Waals surface area contributed by atoms with E-state index in [1.807, 2.05) is 13.0 Å². The second kappa shape index (κ2) is 9.22. The van der Waals surface area contributed by atoms with E-state index in [0.29, 0.717) is 0 Å². The van der Waals surface area contributed by atoms with Crippen molar-refractivity contribution in [1.29, 1.82) is 0 Å². The number of hydrogen-bond acceptors (Lipinski definition) is 3. The van der Waals surface area contributed by atoms with Crippen LogP contribution in [0.15, 0.2) is 35.5 Å². The van der Waals surface area contributed by atoms with E-state index in [0.717, 1.165) is 30.6 Å². The summed E-state index contributed by atoms with van der Waals surface area (Å²) in [5.74, 6) is -1.81. The third kappa shape index (κ3) is 10.7. The summed E-state index contributed by atoms with van der Waals surface area (Å²) in [5.41, 5.74) is 2.43. The summed E-state index contributed by atoms with van der Waals surface area (Å²) < 4.78 is 4.81. The van der Waals surface area contributed by atoms with Gasteiger partial charge in [-0.2, -0.15) is 0 Å². The van der Waals surface area contributed by atoms with E-state index in [1.54, 1.807) is 0 Å². The molecule has 0 aliphatic carbocycles. The predicted molar refractivity (Wildman–Crippen MR) is 70.2 cm³/mol. The Labute approximate surface area is 108 Å². The fourth-order valence-corrected chi connectivity index (χ4v) is 1.14. The molecule has 0 aliphatic rings. The number of allylic oxidation sites excluding steroid dienone is 3. The average Bonchev–Trinajstić information content (AvgIpc) is 2.25. The van der Waals surface area contributed by atoms with Crippen molar-refractivity contribution in [3.05, 3.63) is 35.5 Å². The third-order valence-corrected chi connectivity index (χ3v) is 2.11. The van der Waals surface area contributed by atoms with Gasteiger partial charge in [0.1, 0.15) is 6.61 Å². The van der Waals surface area contributed by atoms with Crippen LogP contribution in [-0.2, 0) is 14.3 Å². The minimum Gasteiger partial charge on any atom is -0.478 e. The lowest BCUT2D eigenvalue weighted by atomic mass is 10.1. The van der Waals surface area contributed by atoms with Gasteiger partial charge in [-0.3, -0.25) is 0 Å². The highest BCUT2D eigenvalue weighted by molar-refractivity contribution is 5.90. The van der Waals surface area contributed by atoms with Gasteiger partial charge in [0, 0.05) is 12.2 Å². The molecular formula is C14H20O4. The summed E-state index contributed by atoms with van der Waals surface area (Å²) in [4.78, 5) is 21.2. The zero-order chi connectivity index (χ0) is 14.0. The van der Waals surface area contributed by atoms with Gasteiger partial charge < -0.3 is 9.84 Å². The van der Waals surface area contributed by atoms with Gasteiger partial charge in [-0.15, -0.1) is 0 Å². The van der Waals surface area contributed by atoms with Crippen LogP contribution in [0.1, 0.15) is 33.6 Å². The van der Waals surface area contributed by atoms with Crippen LogP contribution in [0.4, 0.5) is 0 Å². The first-order valence-corrected chi connectivity index (χ1v) is 5.78. The first kappa shape index (κ1) is 16.2. The van der Waals surface area contributed by atoms with Crippen LogP contribution in [0.25, 0.3) is 0 Å². The van der Waals surface area contributed by atoms with Gasteiger partial charge in [0.2, 0.25) is 0 Å². The summed E-state index contributed by atoms with van der Waals surface area (Å²) in [6.45, 7) is 6.24. The van der Waals surface area contributed by atoms with Crippen LogP contribution in [0.5, 0.6) is 0 Å². The summed E-state index contributed by atoms with van der Waals surface area (Å²) in [7, 11) is 0. The molecule has 0 rings (SSSR count). The molecule has 18 heavy (non-hydrogen) atoms. The van der Waals surface area contributed by atoms with Crippen molar-refractivity contribution >= 4 is 11.9 Å². The molecule has 0 bridgehead atoms.